The van der Waals surface area contributed by atoms with Gasteiger partial charge in [0.05, 0.1) is 17.2 Å². The van der Waals surface area contributed by atoms with Crippen LogP contribution in [0, 0.1) is 0 Å². The average Bonchev–Trinajstić information content (AvgIpc) is 3.40. The number of aromatic nitrogens is 1. The minimum Gasteiger partial charge on any atom is -0.444 e. The number of rotatable bonds is 4. The Bertz CT molecular complexity index is 1410. The highest BCUT2D eigenvalue weighted by molar-refractivity contribution is 9.10. The van der Waals surface area contributed by atoms with Crippen LogP contribution in [0.3, 0.4) is 0 Å². The number of carbonyl (C=O) groups excluding carboxylic acids is 3. The lowest BCUT2D eigenvalue weighted by Gasteiger charge is -2.27. The number of nitrogens with zero attached hydrogens (tertiary/aromatic N) is 3. The molecule has 1 aliphatic rings. The predicted molar refractivity (Wildman–Crippen MR) is 164 cm³/mol. The maximum absolute atomic E-state index is 13.4. The summed E-state index contributed by atoms with van der Waals surface area (Å²) in [6.45, 7) is 11.8. The number of halogens is 2. The summed E-state index contributed by atoms with van der Waals surface area (Å²) >= 11 is 13.1. The number of thiophene rings is 2. The fraction of sp³-hybridized carbons (Fsp3) is 0.500. The summed E-state index contributed by atoms with van der Waals surface area (Å²) in [5.41, 5.74) is -1.33. The Hall–Kier alpha value is -2.21. The topological polar surface area (TPSA) is 89.0 Å². The molecule has 2 amide bonds. The summed E-state index contributed by atoms with van der Waals surface area (Å²) < 4.78 is 12.7. The Labute approximate surface area is 255 Å². The van der Waals surface area contributed by atoms with E-state index in [9.17, 15) is 14.4 Å². The standard InChI is InChI=1S/C28H33BrClN3O5S2/c1-27(2,3)37-25(35)32-11-9-17(19(34)10-12-32)22-21(29)18-14-20(30)31-24(23(18)40-22)33(15-16-8-7-13-39-16)26(36)38-28(4,5)6/h7-8,13-14,17H,9-12,15H2,1-6H3. The van der Waals surface area contributed by atoms with Crippen LogP contribution in [0.1, 0.15) is 70.1 Å². The molecule has 40 heavy (non-hydrogen) atoms. The normalized spacial score (nSPS) is 16.6. The molecule has 1 saturated heterocycles. The van der Waals surface area contributed by atoms with Crippen LogP contribution >= 0.6 is 50.2 Å². The highest BCUT2D eigenvalue weighted by atomic mass is 79.9. The minimum absolute atomic E-state index is 0.0431. The monoisotopic (exact) mass is 669 g/mol. The van der Waals surface area contributed by atoms with E-state index >= 15 is 0 Å². The molecule has 216 valence electrons. The van der Waals surface area contributed by atoms with Gasteiger partial charge in [-0.2, -0.15) is 0 Å². The van der Waals surface area contributed by atoms with Crippen LogP contribution in [0.5, 0.6) is 0 Å². The van der Waals surface area contributed by atoms with Gasteiger partial charge in [-0.05, 0) is 81.4 Å². The molecule has 0 N–H and O–H groups in total. The highest BCUT2D eigenvalue weighted by Crippen LogP contribution is 2.46. The summed E-state index contributed by atoms with van der Waals surface area (Å²) in [6, 6.07) is 5.60. The van der Waals surface area contributed by atoms with E-state index in [1.807, 2.05) is 59.1 Å². The molecule has 4 rings (SSSR count). The van der Waals surface area contributed by atoms with Gasteiger partial charge in [0.2, 0.25) is 0 Å². The summed E-state index contributed by atoms with van der Waals surface area (Å²) in [4.78, 5) is 48.9. The van der Waals surface area contributed by atoms with Gasteiger partial charge in [-0.3, -0.25) is 9.69 Å². The Morgan fingerprint density at radius 1 is 1.18 bits per heavy atom. The average molecular weight is 671 g/mol. The number of pyridine rings is 1. The Morgan fingerprint density at radius 2 is 1.88 bits per heavy atom. The second kappa shape index (κ2) is 12.0. The lowest BCUT2D eigenvalue weighted by Crippen LogP contribution is -2.37. The number of amides is 2. The fourth-order valence-corrected chi connectivity index (χ4v) is 7.49. The maximum atomic E-state index is 13.4. The van der Waals surface area contributed by atoms with Crippen LogP contribution in [0.15, 0.2) is 28.1 Å². The third kappa shape index (κ3) is 7.35. The van der Waals surface area contributed by atoms with Crippen molar-refractivity contribution in [2.24, 2.45) is 0 Å². The maximum Gasteiger partial charge on any atom is 0.416 e. The van der Waals surface area contributed by atoms with Crippen molar-refractivity contribution in [2.75, 3.05) is 18.0 Å². The zero-order valence-corrected chi connectivity index (χ0v) is 27.4. The van der Waals surface area contributed by atoms with Gasteiger partial charge < -0.3 is 14.4 Å². The molecule has 1 unspecified atom stereocenters. The van der Waals surface area contributed by atoms with Crippen LogP contribution in [0.2, 0.25) is 5.15 Å². The van der Waals surface area contributed by atoms with Crippen molar-refractivity contribution in [3.63, 3.8) is 0 Å². The molecular formula is C28H33BrClN3O5S2. The molecule has 4 heterocycles. The first-order valence-corrected chi connectivity index (χ1v) is 15.8. The van der Waals surface area contributed by atoms with Gasteiger partial charge in [-0.1, -0.05) is 17.7 Å². The van der Waals surface area contributed by atoms with E-state index in [2.05, 4.69) is 20.9 Å². The van der Waals surface area contributed by atoms with Gasteiger partial charge in [0.15, 0.2) is 5.82 Å². The van der Waals surface area contributed by atoms with E-state index in [0.29, 0.717) is 25.3 Å². The molecular weight excluding hydrogens is 638 g/mol. The SMILES string of the molecule is CC(C)(C)OC(=O)N1CCC(=O)C(c2sc3c(N(Cc4cccs4)C(=O)OC(C)(C)C)nc(Cl)cc3c2Br)CC1. The van der Waals surface area contributed by atoms with Crippen LogP contribution < -0.4 is 4.90 Å². The molecule has 0 radical (unpaired) electrons. The van der Waals surface area contributed by atoms with E-state index in [1.54, 1.807) is 11.0 Å². The van der Waals surface area contributed by atoms with Crippen LogP contribution in [0.4, 0.5) is 15.4 Å². The summed E-state index contributed by atoms with van der Waals surface area (Å²) in [6.07, 6.45) is -0.290. The number of carbonyl (C=O) groups is 3. The number of ether oxygens (including phenoxy) is 2. The molecule has 1 aliphatic heterocycles. The van der Waals surface area contributed by atoms with E-state index in [-0.39, 0.29) is 23.9 Å². The summed E-state index contributed by atoms with van der Waals surface area (Å²) in [5, 5.41) is 2.92. The van der Waals surface area contributed by atoms with E-state index < -0.39 is 29.3 Å². The fourth-order valence-electron chi connectivity index (χ4n) is 4.31. The highest BCUT2D eigenvalue weighted by Gasteiger charge is 2.34. The molecule has 3 aromatic rings. The summed E-state index contributed by atoms with van der Waals surface area (Å²) in [7, 11) is 0. The minimum atomic E-state index is -0.712. The first-order valence-electron chi connectivity index (χ1n) is 12.9. The molecule has 1 atom stereocenters. The largest absolute Gasteiger partial charge is 0.444 e. The molecule has 0 aliphatic carbocycles. The van der Waals surface area contributed by atoms with Gasteiger partial charge in [0.25, 0.3) is 0 Å². The van der Waals surface area contributed by atoms with Crippen molar-refractivity contribution in [3.05, 3.63) is 43.0 Å². The molecule has 0 bridgehead atoms. The van der Waals surface area contributed by atoms with Crippen molar-refractivity contribution in [2.45, 2.75) is 78.0 Å². The molecule has 12 heteroatoms. The zero-order chi connectivity index (χ0) is 29.4. The number of Topliss-reactive ketones (excluding diaryl/α,β-unsaturated/α-hetero) is 1. The van der Waals surface area contributed by atoms with Gasteiger partial charge in [-0.15, -0.1) is 22.7 Å². The van der Waals surface area contributed by atoms with E-state index in [4.69, 9.17) is 21.1 Å². The molecule has 0 aromatic carbocycles. The third-order valence-corrected chi connectivity index (χ3v) is 9.51. The van der Waals surface area contributed by atoms with Crippen molar-refractivity contribution in [1.82, 2.24) is 9.88 Å². The van der Waals surface area contributed by atoms with Crippen molar-refractivity contribution in [3.8, 4) is 0 Å². The predicted octanol–water partition coefficient (Wildman–Crippen LogP) is 8.40. The first-order chi connectivity index (χ1) is 18.6. The smallest absolute Gasteiger partial charge is 0.416 e. The van der Waals surface area contributed by atoms with Gasteiger partial charge >= 0.3 is 12.2 Å². The molecule has 3 aromatic heterocycles. The number of hydrogen-bond acceptors (Lipinski definition) is 8. The van der Waals surface area contributed by atoms with Gasteiger partial charge in [0.1, 0.15) is 22.1 Å². The lowest BCUT2D eigenvalue weighted by molar-refractivity contribution is -0.120. The van der Waals surface area contributed by atoms with E-state index in [1.165, 1.54) is 27.6 Å². The number of anilines is 1. The van der Waals surface area contributed by atoms with Crippen molar-refractivity contribution in [1.29, 1.82) is 0 Å². The third-order valence-electron chi connectivity index (χ3n) is 6.02. The molecule has 0 saturated carbocycles. The van der Waals surface area contributed by atoms with Crippen LogP contribution in [-0.4, -0.2) is 52.1 Å². The first kappa shape index (κ1) is 30.7. The van der Waals surface area contributed by atoms with Crippen molar-refractivity contribution >= 4 is 84.1 Å². The van der Waals surface area contributed by atoms with E-state index in [0.717, 1.165) is 24.3 Å². The molecule has 8 nitrogen and oxygen atoms in total. The quantitative estimate of drug-likeness (QED) is 0.259. The molecule has 1 fully saturated rings. The molecule has 0 spiro atoms. The second-order valence-electron chi connectivity index (χ2n) is 11.6. The Morgan fingerprint density at radius 3 is 2.50 bits per heavy atom. The van der Waals surface area contributed by atoms with Crippen molar-refractivity contribution < 1.29 is 23.9 Å². The Balaban J connectivity index is 1.72. The van der Waals surface area contributed by atoms with Gasteiger partial charge in [-0.25, -0.2) is 14.6 Å². The van der Waals surface area contributed by atoms with Crippen LogP contribution in [0.25, 0.3) is 10.1 Å². The van der Waals surface area contributed by atoms with Crippen LogP contribution in [-0.2, 0) is 20.8 Å². The summed E-state index contributed by atoms with van der Waals surface area (Å²) in [5.74, 6) is -0.0156. The Kier molecular flexibility index (Phi) is 9.19. The zero-order valence-electron chi connectivity index (χ0n) is 23.4. The van der Waals surface area contributed by atoms with Gasteiger partial charge in [0, 0.05) is 39.1 Å². The second-order valence-corrected chi connectivity index (χ2v) is 14.9. The number of fused-ring (bicyclic) bond motifs is 1. The number of hydrogen-bond donors (Lipinski definition) is 0. The number of ketones is 1. The lowest BCUT2D eigenvalue weighted by atomic mass is 9.97. The number of likely N-dealkylation sites (tertiary alicyclic amines) is 1.